The minimum atomic E-state index is -0.958. The van der Waals surface area contributed by atoms with Crippen molar-refractivity contribution in [1.82, 2.24) is 5.32 Å². The molecule has 41 heavy (non-hydrogen) atoms. The molecule has 0 heterocycles. The Morgan fingerprint density at radius 2 is 1.41 bits per heavy atom. The zero-order chi connectivity index (χ0) is 31.0. The molecule has 11 heteroatoms. The van der Waals surface area contributed by atoms with E-state index in [9.17, 15) is 19.2 Å². The van der Waals surface area contributed by atoms with Crippen LogP contribution in [0.25, 0.3) is 0 Å². The van der Waals surface area contributed by atoms with Gasteiger partial charge in [0.05, 0.1) is 26.7 Å². The Morgan fingerprint density at radius 1 is 0.854 bits per heavy atom. The van der Waals surface area contributed by atoms with Crippen molar-refractivity contribution in [1.29, 1.82) is 0 Å². The first-order valence-corrected chi connectivity index (χ1v) is 14.1. The summed E-state index contributed by atoms with van der Waals surface area (Å²) in [6, 6.07) is 3.75. The van der Waals surface area contributed by atoms with Gasteiger partial charge in [-0.25, -0.2) is 9.59 Å². The van der Waals surface area contributed by atoms with Crippen LogP contribution in [0.4, 0.5) is 9.59 Å². The van der Waals surface area contributed by atoms with E-state index in [1.165, 1.54) is 19.2 Å². The van der Waals surface area contributed by atoms with E-state index in [4.69, 9.17) is 28.4 Å². The summed E-state index contributed by atoms with van der Waals surface area (Å²) < 4.78 is 31.2. The van der Waals surface area contributed by atoms with Crippen LogP contribution in [0.1, 0.15) is 73.3 Å². The molecule has 0 saturated heterocycles. The molecule has 0 spiro atoms. The van der Waals surface area contributed by atoms with Crippen molar-refractivity contribution in [3.63, 3.8) is 0 Å². The monoisotopic (exact) mass is 581 g/mol. The Bertz CT molecular complexity index is 988. The average molecular weight is 582 g/mol. The lowest BCUT2D eigenvalue weighted by molar-refractivity contribution is -0.145. The molecule has 232 valence electrons. The fourth-order valence-corrected chi connectivity index (χ4v) is 3.24. The number of methoxy groups -OCH3 is 1. The van der Waals surface area contributed by atoms with Crippen molar-refractivity contribution < 1.29 is 47.6 Å². The van der Waals surface area contributed by atoms with E-state index in [2.05, 4.69) is 5.32 Å². The number of nitrogens with one attached hydrogen (secondary N) is 1. The Morgan fingerprint density at radius 3 is 1.93 bits per heavy atom. The molecule has 0 bridgehead atoms. The summed E-state index contributed by atoms with van der Waals surface area (Å²) in [6.07, 6.45) is 0.157. The lowest BCUT2D eigenvalue weighted by Crippen LogP contribution is -2.41. The lowest BCUT2D eigenvalue weighted by Gasteiger charge is -2.19. The first kappa shape index (κ1) is 35.7. The summed E-state index contributed by atoms with van der Waals surface area (Å²) in [6.45, 7) is 14.3. The third-order valence-corrected chi connectivity index (χ3v) is 6.12. The van der Waals surface area contributed by atoms with Crippen LogP contribution in [0.3, 0.4) is 0 Å². The van der Waals surface area contributed by atoms with Gasteiger partial charge >= 0.3 is 24.2 Å². The molecule has 0 aromatic heterocycles. The molecule has 0 aliphatic rings. The average Bonchev–Trinajstić information content (AvgIpc) is 2.91. The summed E-state index contributed by atoms with van der Waals surface area (Å²) in [5.41, 5.74) is 0.378. The van der Waals surface area contributed by atoms with Crippen LogP contribution >= 0.6 is 0 Å². The molecule has 0 saturated carbocycles. The van der Waals surface area contributed by atoms with Crippen molar-refractivity contribution >= 4 is 24.2 Å². The van der Waals surface area contributed by atoms with E-state index in [0.717, 1.165) is 12.8 Å². The number of ether oxygens (including phenoxy) is 6. The van der Waals surface area contributed by atoms with E-state index in [0.29, 0.717) is 5.56 Å². The second kappa shape index (κ2) is 18.2. The summed E-state index contributed by atoms with van der Waals surface area (Å²) in [5, 5.41) is 3.03. The minimum absolute atomic E-state index is 0.0447. The Labute approximate surface area is 243 Å². The Hall–Kier alpha value is -3.34. The van der Waals surface area contributed by atoms with Crippen molar-refractivity contribution in [3.05, 3.63) is 23.8 Å². The van der Waals surface area contributed by atoms with Gasteiger partial charge in [-0.2, -0.15) is 0 Å². The number of benzene rings is 1. The maximum atomic E-state index is 12.5. The van der Waals surface area contributed by atoms with Gasteiger partial charge in [0.25, 0.3) is 0 Å². The predicted molar refractivity (Wildman–Crippen MR) is 152 cm³/mol. The topological polar surface area (TPSA) is 136 Å². The van der Waals surface area contributed by atoms with Crippen LogP contribution < -0.4 is 14.8 Å². The van der Waals surface area contributed by atoms with Gasteiger partial charge in [0, 0.05) is 6.54 Å². The Kier molecular flexibility index (Phi) is 15.8. The number of hydrogen-bond acceptors (Lipinski definition) is 11. The highest BCUT2D eigenvalue weighted by atomic mass is 16.7. The van der Waals surface area contributed by atoms with E-state index >= 15 is 0 Å². The number of carbonyl (C=O) groups excluding carboxylic acids is 4. The van der Waals surface area contributed by atoms with Crippen LogP contribution in [0.2, 0.25) is 0 Å². The van der Waals surface area contributed by atoms with Gasteiger partial charge in [0.2, 0.25) is 0 Å². The maximum absolute atomic E-state index is 12.5. The van der Waals surface area contributed by atoms with E-state index < -0.39 is 24.3 Å². The van der Waals surface area contributed by atoms with Crippen LogP contribution in [0.5, 0.6) is 11.5 Å². The molecule has 0 radical (unpaired) electrons. The standard InChI is InChI=1S/C30H47NO10/c1-9-20(3)18-38-28(34)40-24-12-11-22(16-25(24)41-29(35)39-19-21(4)10-2)15-23(27(33)36-8)31-13-14-37-26(32)17-30(5,6)7/h11-12,16,20-21,23,31H,9-10,13-15,17-19H2,1-8H3/t20?,21?,23-/m0/s1. The van der Waals surface area contributed by atoms with Gasteiger partial charge in [-0.05, 0) is 41.4 Å². The molecule has 3 atom stereocenters. The summed E-state index contributed by atoms with van der Waals surface area (Å²) in [4.78, 5) is 49.1. The van der Waals surface area contributed by atoms with Crippen LogP contribution in [0.15, 0.2) is 18.2 Å². The van der Waals surface area contributed by atoms with E-state index in [-0.39, 0.29) is 73.9 Å². The maximum Gasteiger partial charge on any atom is 0.513 e. The van der Waals surface area contributed by atoms with Crippen molar-refractivity contribution in [3.8, 4) is 11.5 Å². The molecule has 0 aliphatic carbocycles. The lowest BCUT2D eigenvalue weighted by atomic mass is 9.93. The number of hydrogen-bond donors (Lipinski definition) is 1. The highest BCUT2D eigenvalue weighted by Crippen LogP contribution is 2.30. The first-order valence-electron chi connectivity index (χ1n) is 14.1. The molecule has 0 amide bonds. The van der Waals surface area contributed by atoms with Crippen molar-refractivity contribution in [2.75, 3.05) is 33.5 Å². The van der Waals surface area contributed by atoms with Gasteiger partial charge in [-0.3, -0.25) is 9.59 Å². The normalized spacial score (nSPS) is 13.4. The van der Waals surface area contributed by atoms with Gasteiger partial charge in [-0.15, -0.1) is 0 Å². The summed E-state index contributed by atoms with van der Waals surface area (Å²) >= 11 is 0. The molecule has 1 rings (SSSR count). The fourth-order valence-electron chi connectivity index (χ4n) is 3.24. The molecular formula is C30H47NO10. The summed E-state index contributed by atoms with van der Waals surface area (Å²) in [5.74, 6) is -0.682. The molecule has 11 nitrogen and oxygen atoms in total. The van der Waals surface area contributed by atoms with Crippen molar-refractivity contribution in [2.45, 2.75) is 80.2 Å². The predicted octanol–water partition coefficient (Wildman–Crippen LogP) is 5.46. The molecule has 0 aliphatic heterocycles. The summed E-state index contributed by atoms with van der Waals surface area (Å²) in [7, 11) is 1.27. The number of rotatable bonds is 16. The molecule has 1 aromatic carbocycles. The van der Waals surface area contributed by atoms with Gasteiger partial charge < -0.3 is 33.7 Å². The van der Waals surface area contributed by atoms with E-state index in [1.54, 1.807) is 6.07 Å². The van der Waals surface area contributed by atoms with Crippen LogP contribution in [0, 0.1) is 17.3 Å². The second-order valence-corrected chi connectivity index (χ2v) is 11.3. The largest absolute Gasteiger partial charge is 0.513 e. The molecular weight excluding hydrogens is 534 g/mol. The van der Waals surface area contributed by atoms with Gasteiger partial charge in [-0.1, -0.05) is 67.4 Å². The molecule has 1 N–H and O–H groups in total. The molecule has 0 fully saturated rings. The number of carbonyl (C=O) groups is 4. The number of esters is 2. The minimum Gasteiger partial charge on any atom is -0.468 e. The van der Waals surface area contributed by atoms with Gasteiger partial charge in [0.1, 0.15) is 12.6 Å². The van der Waals surface area contributed by atoms with Gasteiger partial charge in [0.15, 0.2) is 11.5 Å². The highest BCUT2D eigenvalue weighted by molar-refractivity contribution is 5.76. The third kappa shape index (κ3) is 15.3. The van der Waals surface area contributed by atoms with E-state index in [1.807, 2.05) is 48.5 Å². The fraction of sp³-hybridized carbons (Fsp3) is 0.667. The SMILES string of the molecule is CCC(C)COC(=O)Oc1ccc(C[C@H](NCCOC(=O)CC(C)(C)C)C(=O)OC)cc1OC(=O)OCC(C)CC. The first-order chi connectivity index (χ1) is 19.3. The molecule has 2 unspecified atom stereocenters. The van der Waals surface area contributed by atoms with Crippen LogP contribution in [-0.4, -0.2) is 63.8 Å². The highest BCUT2D eigenvalue weighted by Gasteiger charge is 2.23. The second-order valence-electron chi connectivity index (χ2n) is 11.3. The zero-order valence-corrected chi connectivity index (χ0v) is 25.7. The Balaban J connectivity index is 3.00. The quantitative estimate of drug-likeness (QED) is 0.115. The van der Waals surface area contributed by atoms with Crippen molar-refractivity contribution in [2.24, 2.45) is 17.3 Å². The smallest absolute Gasteiger partial charge is 0.468 e. The van der Waals surface area contributed by atoms with Crippen LogP contribution in [-0.2, 0) is 35.0 Å². The third-order valence-electron chi connectivity index (χ3n) is 6.12. The zero-order valence-electron chi connectivity index (χ0n) is 25.7. The molecule has 1 aromatic rings.